The molecule has 0 spiro atoms. The Morgan fingerprint density at radius 1 is 1.28 bits per heavy atom. The summed E-state index contributed by atoms with van der Waals surface area (Å²) in [5, 5.41) is 9.82. The number of amides is 2. The van der Waals surface area contributed by atoms with Gasteiger partial charge in [0.05, 0.1) is 0 Å². The van der Waals surface area contributed by atoms with Gasteiger partial charge in [0.25, 0.3) is 5.91 Å². The standard InChI is InChI=1S/C20H26N2O2.C2H6O.CH4O/c1-4-10-18(21-19(23)16-12-7-6-8-13-16)20(24)22-15(3)11-9-14-17(22)5-2;1-3-2;1-2/h1,6-8,12-13,15,17-18H,5,9-11,14H2,2-3H3,(H,21,23);1-2H3;2H,1H3. The maximum Gasteiger partial charge on any atom is 0.251 e. The van der Waals surface area contributed by atoms with Crippen molar-refractivity contribution in [3.8, 4) is 12.3 Å². The van der Waals surface area contributed by atoms with Crippen LogP contribution in [0.2, 0.25) is 0 Å². The van der Waals surface area contributed by atoms with Crippen LogP contribution < -0.4 is 5.32 Å². The monoisotopic (exact) mass is 404 g/mol. The lowest BCUT2D eigenvalue weighted by Gasteiger charge is -2.42. The number of aliphatic hydroxyl groups is 1. The molecule has 1 saturated heterocycles. The molecule has 0 bridgehead atoms. The van der Waals surface area contributed by atoms with Crippen LogP contribution in [0.4, 0.5) is 0 Å². The van der Waals surface area contributed by atoms with Crippen LogP contribution in [-0.2, 0) is 9.53 Å². The summed E-state index contributed by atoms with van der Waals surface area (Å²) in [6.45, 7) is 4.17. The van der Waals surface area contributed by atoms with Gasteiger partial charge < -0.3 is 20.1 Å². The highest BCUT2D eigenvalue weighted by Gasteiger charge is 2.35. The molecule has 162 valence electrons. The van der Waals surface area contributed by atoms with Crippen molar-refractivity contribution in [2.45, 2.75) is 64.1 Å². The summed E-state index contributed by atoms with van der Waals surface area (Å²) >= 11 is 0. The Hall–Kier alpha value is -2.36. The number of methoxy groups -OCH3 is 1. The number of carbonyl (C=O) groups excluding carboxylic acids is 2. The van der Waals surface area contributed by atoms with Crippen LogP contribution in [0.25, 0.3) is 0 Å². The summed E-state index contributed by atoms with van der Waals surface area (Å²) in [6, 6.07) is 8.65. The van der Waals surface area contributed by atoms with Crippen molar-refractivity contribution in [3.63, 3.8) is 0 Å². The third-order valence-electron chi connectivity index (χ3n) is 4.71. The Morgan fingerprint density at radius 2 is 1.86 bits per heavy atom. The van der Waals surface area contributed by atoms with Gasteiger partial charge in [0.1, 0.15) is 6.04 Å². The number of benzene rings is 1. The summed E-state index contributed by atoms with van der Waals surface area (Å²) in [7, 11) is 4.25. The zero-order valence-electron chi connectivity index (χ0n) is 18.4. The number of nitrogens with zero attached hydrogens (tertiary/aromatic N) is 1. The van der Waals surface area contributed by atoms with Crippen molar-refractivity contribution < 1.29 is 19.4 Å². The number of hydrogen-bond donors (Lipinski definition) is 2. The highest BCUT2D eigenvalue weighted by atomic mass is 16.4. The van der Waals surface area contributed by atoms with Crippen molar-refractivity contribution >= 4 is 11.8 Å². The van der Waals surface area contributed by atoms with E-state index < -0.39 is 6.04 Å². The Balaban J connectivity index is 0.00000143. The second-order valence-electron chi connectivity index (χ2n) is 6.80. The minimum atomic E-state index is -0.669. The van der Waals surface area contributed by atoms with Gasteiger partial charge in [-0.15, -0.1) is 12.3 Å². The number of piperidine rings is 1. The maximum absolute atomic E-state index is 13.1. The lowest BCUT2D eigenvalue weighted by atomic mass is 9.93. The molecule has 1 fully saturated rings. The first kappa shape index (κ1) is 26.6. The SMILES string of the molecule is C#CCC(NC(=O)c1ccccc1)C(=O)N1C(C)CCCC1CC.CO.COC. The van der Waals surface area contributed by atoms with E-state index in [2.05, 4.69) is 29.8 Å². The van der Waals surface area contributed by atoms with Crippen molar-refractivity contribution in [2.24, 2.45) is 0 Å². The molecule has 0 saturated carbocycles. The van der Waals surface area contributed by atoms with Crippen LogP contribution in [0, 0.1) is 12.3 Å². The smallest absolute Gasteiger partial charge is 0.251 e. The highest BCUT2D eigenvalue weighted by Crippen LogP contribution is 2.26. The molecule has 3 atom stereocenters. The molecule has 3 unspecified atom stereocenters. The largest absolute Gasteiger partial charge is 0.400 e. The van der Waals surface area contributed by atoms with Gasteiger partial charge >= 0.3 is 0 Å². The van der Waals surface area contributed by atoms with Crippen LogP contribution in [0.3, 0.4) is 0 Å². The van der Waals surface area contributed by atoms with E-state index in [-0.39, 0.29) is 30.3 Å². The van der Waals surface area contributed by atoms with Gasteiger partial charge in [-0.2, -0.15) is 0 Å². The molecule has 0 aliphatic carbocycles. The van der Waals surface area contributed by atoms with Crippen LogP contribution in [0.5, 0.6) is 0 Å². The molecule has 1 heterocycles. The lowest BCUT2D eigenvalue weighted by molar-refractivity contribution is -0.139. The molecular weight excluding hydrogens is 368 g/mol. The van der Waals surface area contributed by atoms with Gasteiger partial charge in [0.2, 0.25) is 5.91 Å². The molecule has 1 aliphatic rings. The maximum atomic E-state index is 13.1. The highest BCUT2D eigenvalue weighted by molar-refractivity contribution is 5.97. The molecule has 6 nitrogen and oxygen atoms in total. The molecule has 1 aromatic carbocycles. The fourth-order valence-electron chi connectivity index (χ4n) is 3.41. The zero-order valence-corrected chi connectivity index (χ0v) is 18.4. The van der Waals surface area contributed by atoms with E-state index in [1.54, 1.807) is 38.5 Å². The molecule has 6 heteroatoms. The van der Waals surface area contributed by atoms with Gasteiger partial charge in [0, 0.05) is 45.4 Å². The topological polar surface area (TPSA) is 78.9 Å². The summed E-state index contributed by atoms with van der Waals surface area (Å²) in [4.78, 5) is 27.4. The van der Waals surface area contributed by atoms with Gasteiger partial charge in [0.15, 0.2) is 0 Å². The molecule has 29 heavy (non-hydrogen) atoms. The minimum Gasteiger partial charge on any atom is -0.400 e. The predicted molar refractivity (Wildman–Crippen MR) is 116 cm³/mol. The van der Waals surface area contributed by atoms with Crippen molar-refractivity contribution in [2.75, 3.05) is 21.3 Å². The number of aliphatic hydroxyl groups excluding tert-OH is 1. The third kappa shape index (κ3) is 8.68. The summed E-state index contributed by atoms with van der Waals surface area (Å²) < 4.78 is 4.25. The second-order valence-corrected chi connectivity index (χ2v) is 6.80. The van der Waals surface area contributed by atoms with E-state index in [1.807, 2.05) is 11.0 Å². The molecular formula is C23H36N2O4. The van der Waals surface area contributed by atoms with Gasteiger partial charge in [-0.05, 0) is 44.7 Å². The quantitative estimate of drug-likeness (QED) is 0.740. The Morgan fingerprint density at radius 3 is 2.38 bits per heavy atom. The number of ether oxygens (including phenoxy) is 1. The number of nitrogens with one attached hydrogen (secondary N) is 1. The van der Waals surface area contributed by atoms with Crippen molar-refractivity contribution in [1.82, 2.24) is 10.2 Å². The molecule has 2 rings (SSSR count). The Kier molecular flexibility index (Phi) is 14.3. The number of likely N-dealkylation sites (tertiary alicyclic amines) is 1. The third-order valence-corrected chi connectivity index (χ3v) is 4.71. The van der Waals surface area contributed by atoms with E-state index >= 15 is 0 Å². The first-order chi connectivity index (χ1) is 14.0. The Labute approximate surface area is 175 Å². The normalized spacial score (nSPS) is 18.7. The zero-order chi connectivity index (χ0) is 22.2. The van der Waals surface area contributed by atoms with Crippen molar-refractivity contribution in [1.29, 1.82) is 0 Å². The molecule has 0 radical (unpaired) electrons. The number of terminal acetylenes is 1. The predicted octanol–water partition coefficient (Wildman–Crippen LogP) is 2.86. The van der Waals surface area contributed by atoms with E-state index in [1.165, 1.54) is 0 Å². The van der Waals surface area contributed by atoms with Gasteiger partial charge in [-0.25, -0.2) is 0 Å². The number of hydrogen-bond acceptors (Lipinski definition) is 4. The van der Waals surface area contributed by atoms with Crippen LogP contribution in [0.15, 0.2) is 30.3 Å². The van der Waals surface area contributed by atoms with E-state index in [9.17, 15) is 9.59 Å². The fraction of sp³-hybridized carbons (Fsp3) is 0.565. The second kappa shape index (κ2) is 15.5. The van der Waals surface area contributed by atoms with Gasteiger partial charge in [-0.1, -0.05) is 25.1 Å². The van der Waals surface area contributed by atoms with Gasteiger partial charge in [-0.3, -0.25) is 9.59 Å². The Bertz CT molecular complexity index is 628. The molecule has 2 amide bonds. The number of rotatable bonds is 5. The summed E-state index contributed by atoms with van der Waals surface area (Å²) in [5.74, 6) is 2.21. The molecule has 0 aromatic heterocycles. The average molecular weight is 405 g/mol. The van der Waals surface area contributed by atoms with Crippen LogP contribution >= 0.6 is 0 Å². The first-order valence-corrected chi connectivity index (χ1v) is 9.96. The van der Waals surface area contributed by atoms with Crippen LogP contribution in [0.1, 0.15) is 56.3 Å². The fourth-order valence-corrected chi connectivity index (χ4v) is 3.41. The van der Waals surface area contributed by atoms with E-state index in [4.69, 9.17) is 11.5 Å². The van der Waals surface area contributed by atoms with Crippen LogP contribution in [-0.4, -0.2) is 61.3 Å². The molecule has 1 aromatic rings. The number of carbonyl (C=O) groups is 2. The molecule has 2 N–H and O–H groups in total. The van der Waals surface area contributed by atoms with Crippen molar-refractivity contribution in [3.05, 3.63) is 35.9 Å². The van der Waals surface area contributed by atoms with E-state index in [0.29, 0.717) is 5.56 Å². The summed E-state index contributed by atoms with van der Waals surface area (Å²) in [6.07, 6.45) is 9.72. The minimum absolute atomic E-state index is 0.0590. The van der Waals surface area contributed by atoms with E-state index in [0.717, 1.165) is 32.8 Å². The average Bonchev–Trinajstić information content (AvgIpc) is 2.75. The lowest BCUT2D eigenvalue weighted by Crippen LogP contribution is -2.56. The first-order valence-electron chi connectivity index (χ1n) is 9.96. The molecule has 1 aliphatic heterocycles. The summed E-state index contributed by atoms with van der Waals surface area (Å²) in [5.41, 5.74) is 0.533.